The third kappa shape index (κ3) is 9.57. The first-order valence-corrected chi connectivity index (χ1v) is 14.7. The standard InChI is InChI=1S/C32H45N3O6/c1-5-40-29-19-25(35-16-10-15-30(35)38)18-26(31(29)41-21-36)32(39)34-27(17-24-13-7-6-8-14-24)28(37)20-33-23(4)12-9-11-22(2)3/h6-8,13-14,18-19,21-23,27-28,33,37H,5,9-12,15-17,20H2,1-4H3,(H,34,39). The lowest BCUT2D eigenvalue weighted by atomic mass is 9.99. The van der Waals surface area contributed by atoms with Crippen LogP contribution in [-0.4, -0.2) is 61.3 Å². The molecule has 3 atom stereocenters. The molecule has 0 aromatic heterocycles. The van der Waals surface area contributed by atoms with E-state index in [0.717, 1.165) is 24.8 Å². The molecule has 2 aromatic carbocycles. The topological polar surface area (TPSA) is 117 Å². The van der Waals surface area contributed by atoms with Crippen molar-refractivity contribution >= 4 is 24.0 Å². The van der Waals surface area contributed by atoms with Crippen molar-refractivity contribution in [2.45, 2.75) is 84.4 Å². The lowest BCUT2D eigenvalue weighted by Crippen LogP contribution is -2.49. The number of benzene rings is 2. The van der Waals surface area contributed by atoms with Crippen LogP contribution in [-0.2, 0) is 16.0 Å². The molecular weight excluding hydrogens is 522 g/mol. The summed E-state index contributed by atoms with van der Waals surface area (Å²) in [7, 11) is 0. The molecule has 224 valence electrons. The molecular formula is C32H45N3O6. The molecule has 3 unspecified atom stereocenters. The number of carbonyl (C=O) groups excluding carboxylic acids is 3. The number of aliphatic hydroxyl groups is 1. The van der Waals surface area contributed by atoms with Gasteiger partial charge in [0.2, 0.25) is 5.91 Å². The third-order valence-electron chi connectivity index (χ3n) is 7.31. The Morgan fingerprint density at radius 1 is 1.15 bits per heavy atom. The van der Waals surface area contributed by atoms with Gasteiger partial charge in [-0.1, -0.05) is 57.0 Å². The van der Waals surface area contributed by atoms with Crippen LogP contribution in [0.2, 0.25) is 0 Å². The minimum absolute atomic E-state index is 0.0282. The Morgan fingerprint density at radius 2 is 1.90 bits per heavy atom. The summed E-state index contributed by atoms with van der Waals surface area (Å²) in [5.41, 5.74) is 1.51. The van der Waals surface area contributed by atoms with Gasteiger partial charge in [0, 0.05) is 37.3 Å². The predicted octanol–water partition coefficient (Wildman–Crippen LogP) is 4.25. The molecule has 1 saturated heterocycles. The van der Waals surface area contributed by atoms with E-state index in [1.807, 2.05) is 30.3 Å². The van der Waals surface area contributed by atoms with Gasteiger partial charge in [0.15, 0.2) is 11.5 Å². The van der Waals surface area contributed by atoms with Crippen molar-refractivity contribution in [1.82, 2.24) is 10.6 Å². The van der Waals surface area contributed by atoms with Crippen molar-refractivity contribution in [3.8, 4) is 11.5 Å². The smallest absolute Gasteiger partial charge is 0.298 e. The van der Waals surface area contributed by atoms with Gasteiger partial charge >= 0.3 is 0 Å². The number of carbonyl (C=O) groups is 3. The van der Waals surface area contributed by atoms with Crippen LogP contribution in [0.3, 0.4) is 0 Å². The van der Waals surface area contributed by atoms with Crippen LogP contribution in [0.5, 0.6) is 11.5 Å². The maximum Gasteiger partial charge on any atom is 0.298 e. The summed E-state index contributed by atoms with van der Waals surface area (Å²) < 4.78 is 10.9. The molecule has 3 N–H and O–H groups in total. The van der Waals surface area contributed by atoms with Crippen molar-refractivity contribution in [2.24, 2.45) is 5.92 Å². The highest BCUT2D eigenvalue weighted by molar-refractivity contribution is 6.02. The summed E-state index contributed by atoms with van der Waals surface area (Å²) >= 11 is 0. The van der Waals surface area contributed by atoms with Gasteiger partial charge in [0.1, 0.15) is 0 Å². The van der Waals surface area contributed by atoms with E-state index in [2.05, 4.69) is 31.4 Å². The van der Waals surface area contributed by atoms with Crippen molar-refractivity contribution in [3.05, 3.63) is 53.6 Å². The van der Waals surface area contributed by atoms with Gasteiger partial charge in [-0.2, -0.15) is 0 Å². The number of rotatable bonds is 17. The highest BCUT2D eigenvalue weighted by atomic mass is 16.5. The maximum absolute atomic E-state index is 13.8. The number of ether oxygens (including phenoxy) is 2. The number of nitrogens with one attached hydrogen (secondary N) is 2. The third-order valence-corrected chi connectivity index (χ3v) is 7.31. The zero-order chi connectivity index (χ0) is 29.8. The first-order valence-electron chi connectivity index (χ1n) is 14.7. The van der Waals surface area contributed by atoms with Gasteiger partial charge in [-0.15, -0.1) is 0 Å². The average Bonchev–Trinajstić information content (AvgIpc) is 3.38. The molecule has 2 aromatic rings. The zero-order valence-corrected chi connectivity index (χ0v) is 24.7. The van der Waals surface area contributed by atoms with Gasteiger partial charge in [-0.25, -0.2) is 0 Å². The first kappa shape index (κ1) is 32.1. The van der Waals surface area contributed by atoms with E-state index in [0.29, 0.717) is 44.0 Å². The van der Waals surface area contributed by atoms with Gasteiger partial charge < -0.3 is 30.1 Å². The Labute approximate surface area is 243 Å². The van der Waals surface area contributed by atoms with Crippen LogP contribution in [0.1, 0.15) is 75.7 Å². The van der Waals surface area contributed by atoms with E-state index in [1.165, 1.54) is 0 Å². The Kier molecular flexibility index (Phi) is 12.6. The minimum atomic E-state index is -0.892. The molecule has 1 fully saturated rings. The van der Waals surface area contributed by atoms with Crippen LogP contribution in [0, 0.1) is 5.92 Å². The predicted molar refractivity (Wildman–Crippen MR) is 159 cm³/mol. The molecule has 1 aliphatic rings. The lowest BCUT2D eigenvalue weighted by molar-refractivity contribution is -0.121. The fourth-order valence-corrected chi connectivity index (χ4v) is 5.06. The van der Waals surface area contributed by atoms with E-state index in [-0.39, 0.29) is 42.1 Å². The van der Waals surface area contributed by atoms with Gasteiger partial charge in [-0.3, -0.25) is 14.4 Å². The number of anilines is 1. The van der Waals surface area contributed by atoms with E-state index in [4.69, 9.17) is 9.47 Å². The Bertz CT molecular complexity index is 1140. The van der Waals surface area contributed by atoms with Crippen LogP contribution < -0.4 is 25.0 Å². The van der Waals surface area contributed by atoms with Crippen molar-refractivity contribution < 1.29 is 29.0 Å². The molecule has 0 saturated carbocycles. The molecule has 0 aliphatic carbocycles. The van der Waals surface area contributed by atoms with Gasteiger partial charge in [-0.05, 0) is 50.7 Å². The average molecular weight is 568 g/mol. The van der Waals surface area contributed by atoms with E-state index >= 15 is 0 Å². The van der Waals surface area contributed by atoms with Crippen molar-refractivity contribution in [1.29, 1.82) is 0 Å². The molecule has 1 aliphatic heterocycles. The SMILES string of the molecule is CCOc1cc(N2CCCC2=O)cc(C(=O)NC(Cc2ccccc2)C(O)CNC(C)CCCC(C)C)c1OC=O. The van der Waals surface area contributed by atoms with Crippen LogP contribution in [0.15, 0.2) is 42.5 Å². The first-order chi connectivity index (χ1) is 19.7. The second kappa shape index (κ2) is 16.1. The molecule has 0 bridgehead atoms. The van der Waals surface area contributed by atoms with E-state index in [1.54, 1.807) is 24.0 Å². The summed E-state index contributed by atoms with van der Waals surface area (Å²) in [6.07, 6.45) is 3.88. The van der Waals surface area contributed by atoms with Crippen LogP contribution >= 0.6 is 0 Å². The number of nitrogens with zero attached hydrogens (tertiary/aromatic N) is 1. The number of aliphatic hydroxyl groups excluding tert-OH is 1. The second-order valence-corrected chi connectivity index (χ2v) is 11.1. The quantitative estimate of drug-likeness (QED) is 0.245. The highest BCUT2D eigenvalue weighted by Gasteiger charge is 2.29. The molecule has 1 heterocycles. The van der Waals surface area contributed by atoms with Crippen molar-refractivity contribution in [3.63, 3.8) is 0 Å². The monoisotopic (exact) mass is 567 g/mol. The van der Waals surface area contributed by atoms with Crippen molar-refractivity contribution in [2.75, 3.05) is 24.6 Å². The summed E-state index contributed by atoms with van der Waals surface area (Å²) in [4.78, 5) is 39.3. The summed E-state index contributed by atoms with van der Waals surface area (Å²) in [5, 5.41) is 17.6. The van der Waals surface area contributed by atoms with E-state index in [9.17, 15) is 19.5 Å². The molecule has 41 heavy (non-hydrogen) atoms. The summed E-state index contributed by atoms with van der Waals surface area (Å²) in [6, 6.07) is 12.4. The Balaban J connectivity index is 1.86. The molecule has 9 heteroatoms. The van der Waals surface area contributed by atoms with E-state index < -0.39 is 18.1 Å². The zero-order valence-electron chi connectivity index (χ0n) is 24.7. The second-order valence-electron chi connectivity index (χ2n) is 11.1. The summed E-state index contributed by atoms with van der Waals surface area (Å²) in [5.74, 6) is 0.227. The highest BCUT2D eigenvalue weighted by Crippen LogP contribution is 2.37. The molecule has 2 amide bonds. The molecule has 3 rings (SSSR count). The molecule has 9 nitrogen and oxygen atoms in total. The fraction of sp³-hybridized carbons (Fsp3) is 0.531. The minimum Gasteiger partial charge on any atom is -0.490 e. The largest absolute Gasteiger partial charge is 0.490 e. The number of hydrogen-bond donors (Lipinski definition) is 3. The van der Waals surface area contributed by atoms with Crippen LogP contribution in [0.25, 0.3) is 0 Å². The van der Waals surface area contributed by atoms with Gasteiger partial charge in [0.25, 0.3) is 12.4 Å². The maximum atomic E-state index is 13.8. The normalized spacial score (nSPS) is 15.5. The Morgan fingerprint density at radius 3 is 2.54 bits per heavy atom. The number of amides is 2. The Hall–Kier alpha value is -3.43. The van der Waals surface area contributed by atoms with Crippen LogP contribution in [0.4, 0.5) is 5.69 Å². The fourth-order valence-electron chi connectivity index (χ4n) is 5.06. The summed E-state index contributed by atoms with van der Waals surface area (Å²) in [6.45, 7) is 9.63. The van der Waals surface area contributed by atoms with Gasteiger partial charge in [0.05, 0.1) is 24.3 Å². The number of hydrogen-bond acceptors (Lipinski definition) is 7. The lowest BCUT2D eigenvalue weighted by Gasteiger charge is -2.27. The molecule has 0 spiro atoms. The molecule has 0 radical (unpaired) electrons.